The van der Waals surface area contributed by atoms with Gasteiger partial charge in [0.1, 0.15) is 0 Å². The molecule has 0 amide bonds. The van der Waals surface area contributed by atoms with Crippen molar-refractivity contribution in [2.45, 2.75) is 0 Å². The molecule has 5 heteroatoms. The topological polar surface area (TPSA) is 56.3 Å². The fraction of sp³-hybridized carbons (Fsp3) is 0. The summed E-state index contributed by atoms with van der Waals surface area (Å²) in [6.07, 6.45) is 0. The van der Waals surface area contributed by atoms with E-state index < -0.39 is 0 Å². The Labute approximate surface area is 106 Å². The van der Waals surface area contributed by atoms with Crippen LogP contribution in [0.5, 0.6) is 0 Å². The van der Waals surface area contributed by atoms with Crippen LogP contribution in [0.15, 0.2) is 22.7 Å². The summed E-state index contributed by atoms with van der Waals surface area (Å²) in [4.78, 5) is 6.18. The summed E-state index contributed by atoms with van der Waals surface area (Å²) in [6, 6.07) is 8.20. The monoisotopic (exact) mass is 282 g/mol. The van der Waals surface area contributed by atoms with E-state index in [0.29, 0.717) is 14.9 Å². The fourth-order valence-corrected chi connectivity index (χ4v) is 1.72. The first-order chi connectivity index (χ1) is 8.17. The Balaban J connectivity index is 3.78. The number of benzene rings is 1. The van der Waals surface area contributed by atoms with Gasteiger partial charge in [0.05, 0.1) is 25.3 Å². The van der Waals surface area contributed by atoms with Crippen molar-refractivity contribution in [1.29, 1.82) is 10.5 Å². The molecule has 0 spiro atoms. The van der Waals surface area contributed by atoms with Crippen LogP contribution in [0.1, 0.15) is 0 Å². The van der Waals surface area contributed by atoms with Gasteiger partial charge in [-0.3, -0.25) is 0 Å². The highest BCUT2D eigenvalue weighted by atomic mass is 79.9. The van der Waals surface area contributed by atoms with E-state index in [1.165, 1.54) is 0 Å². The molecule has 0 atom stereocenters. The minimum atomic E-state index is -0.0373. The van der Waals surface area contributed by atoms with E-state index in [1.807, 2.05) is 0 Å². The van der Waals surface area contributed by atoms with Crippen LogP contribution >= 0.6 is 15.9 Å². The highest BCUT2D eigenvalue weighted by Crippen LogP contribution is 2.03. The van der Waals surface area contributed by atoms with Crippen molar-refractivity contribution in [1.82, 2.24) is 0 Å². The van der Waals surface area contributed by atoms with Crippen LogP contribution in [0.3, 0.4) is 0 Å². The molecule has 1 aromatic rings. The van der Waals surface area contributed by atoms with Crippen molar-refractivity contribution in [3.05, 3.63) is 55.9 Å². The summed E-state index contributed by atoms with van der Waals surface area (Å²) in [5.41, 5.74) is -0.0664. The van der Waals surface area contributed by atoms with E-state index in [0.717, 1.165) is 0 Å². The molecule has 0 aliphatic carbocycles. The molecule has 0 radical (unpaired) electrons. The SMILES string of the molecule is [C-]#[N+]/C(C#N)=c1\cc/c(=C(/C#N)[N+]#[C-])c(Br)c1. The Morgan fingerprint density at radius 3 is 2.12 bits per heavy atom. The summed E-state index contributed by atoms with van der Waals surface area (Å²) in [5.74, 6) is 0. The summed E-state index contributed by atoms with van der Waals surface area (Å²) >= 11 is 3.22. The Morgan fingerprint density at radius 1 is 1.12 bits per heavy atom. The molecule has 4 nitrogen and oxygen atoms in total. The molecule has 0 aromatic heterocycles. The largest absolute Gasteiger partial charge is 0.270 e. The number of nitrogens with zero attached hydrogens (tertiary/aromatic N) is 4. The van der Waals surface area contributed by atoms with Gasteiger partial charge in [0, 0.05) is 9.69 Å². The maximum atomic E-state index is 8.75. The third-order valence-electron chi connectivity index (χ3n) is 1.93. The molecule has 0 aliphatic heterocycles. The molecule has 0 heterocycles. The van der Waals surface area contributed by atoms with Crippen molar-refractivity contribution in [2.24, 2.45) is 0 Å². The molecule has 17 heavy (non-hydrogen) atoms. The van der Waals surface area contributed by atoms with Crippen molar-refractivity contribution in [2.75, 3.05) is 0 Å². The lowest BCUT2D eigenvalue weighted by atomic mass is 10.2. The lowest BCUT2D eigenvalue weighted by Gasteiger charge is -1.94. The molecule has 0 fully saturated rings. The smallest absolute Gasteiger partial charge is 0.226 e. The first-order valence-electron chi connectivity index (χ1n) is 4.27. The van der Waals surface area contributed by atoms with Crippen molar-refractivity contribution >= 4 is 27.3 Å². The molecule has 0 aliphatic rings. The number of halogens is 1. The van der Waals surface area contributed by atoms with Crippen molar-refractivity contribution < 1.29 is 0 Å². The molecule has 0 N–H and O–H groups in total. The van der Waals surface area contributed by atoms with Gasteiger partial charge >= 0.3 is 0 Å². The standard InChI is InChI=1S/C12H3BrN4/c1-16-11(6-14)8-3-4-9(10(13)5-8)12(7-15)17-2/h3-5H/b11-8+,12-9+. The van der Waals surface area contributed by atoms with Crippen LogP contribution in [0.25, 0.3) is 21.1 Å². The van der Waals surface area contributed by atoms with Crippen molar-refractivity contribution in [3.8, 4) is 12.1 Å². The van der Waals surface area contributed by atoms with E-state index in [4.69, 9.17) is 23.7 Å². The zero-order valence-corrected chi connectivity index (χ0v) is 9.98. The Bertz CT molecular complexity index is 716. The fourth-order valence-electron chi connectivity index (χ4n) is 1.15. The Kier molecular flexibility index (Phi) is 4.02. The minimum absolute atomic E-state index is 0.0291. The van der Waals surface area contributed by atoms with Crippen LogP contribution < -0.4 is 10.4 Å². The zero-order chi connectivity index (χ0) is 12.8. The van der Waals surface area contributed by atoms with Crippen LogP contribution in [0.2, 0.25) is 0 Å². The molecular formula is C12H3BrN4. The lowest BCUT2D eigenvalue weighted by molar-refractivity contribution is 1.45. The number of nitriles is 2. The number of hydrogen-bond donors (Lipinski definition) is 0. The van der Waals surface area contributed by atoms with Crippen LogP contribution in [0, 0.1) is 35.8 Å². The van der Waals surface area contributed by atoms with E-state index in [9.17, 15) is 0 Å². The molecule has 78 valence electrons. The quantitative estimate of drug-likeness (QED) is 0.678. The van der Waals surface area contributed by atoms with Gasteiger partial charge in [0.25, 0.3) is 11.4 Å². The van der Waals surface area contributed by atoms with Crippen LogP contribution in [-0.2, 0) is 0 Å². The first kappa shape index (κ1) is 12.5. The third kappa shape index (κ3) is 2.50. The van der Waals surface area contributed by atoms with Gasteiger partial charge in [0.15, 0.2) is 0 Å². The van der Waals surface area contributed by atoms with E-state index >= 15 is 0 Å². The van der Waals surface area contributed by atoms with Gasteiger partial charge in [-0.05, 0) is 5.22 Å². The van der Waals surface area contributed by atoms with E-state index in [1.54, 1.807) is 30.3 Å². The summed E-state index contributed by atoms with van der Waals surface area (Å²) in [5, 5.41) is 18.4. The average molecular weight is 283 g/mol. The summed E-state index contributed by atoms with van der Waals surface area (Å²) < 4.78 is 0.513. The third-order valence-corrected chi connectivity index (χ3v) is 2.59. The highest BCUT2D eigenvalue weighted by molar-refractivity contribution is 9.10. The predicted octanol–water partition coefficient (Wildman–Crippen LogP) is 1.55. The van der Waals surface area contributed by atoms with Gasteiger partial charge in [-0.25, -0.2) is 20.2 Å². The molecular weight excluding hydrogens is 280 g/mol. The predicted molar refractivity (Wildman–Crippen MR) is 64.6 cm³/mol. The second-order valence-electron chi connectivity index (χ2n) is 2.84. The normalized spacial score (nSPS) is 12.3. The number of hydrogen-bond acceptors (Lipinski definition) is 2. The first-order valence-corrected chi connectivity index (χ1v) is 5.06. The van der Waals surface area contributed by atoms with Gasteiger partial charge < -0.3 is 0 Å². The lowest BCUT2D eigenvalue weighted by Crippen LogP contribution is -2.13. The van der Waals surface area contributed by atoms with Gasteiger partial charge in [-0.2, -0.15) is 0 Å². The zero-order valence-electron chi connectivity index (χ0n) is 8.40. The molecule has 0 saturated heterocycles. The maximum Gasteiger partial charge on any atom is 0.270 e. The second-order valence-corrected chi connectivity index (χ2v) is 3.69. The summed E-state index contributed by atoms with van der Waals surface area (Å²) in [7, 11) is 0. The minimum Gasteiger partial charge on any atom is -0.226 e. The van der Waals surface area contributed by atoms with Crippen molar-refractivity contribution in [3.63, 3.8) is 0 Å². The molecule has 0 bridgehead atoms. The van der Waals surface area contributed by atoms with E-state index in [-0.39, 0.29) is 11.4 Å². The van der Waals surface area contributed by atoms with Crippen LogP contribution in [-0.4, -0.2) is 0 Å². The molecule has 0 unspecified atom stereocenters. The van der Waals surface area contributed by atoms with Gasteiger partial charge in [0.2, 0.25) is 0 Å². The molecule has 0 saturated carbocycles. The average Bonchev–Trinajstić information content (AvgIpc) is 2.34. The highest BCUT2D eigenvalue weighted by Gasteiger charge is 2.01. The van der Waals surface area contributed by atoms with Gasteiger partial charge in [-0.1, -0.05) is 34.1 Å². The summed E-state index contributed by atoms with van der Waals surface area (Å²) in [6.45, 7) is 13.7. The molecule has 1 rings (SSSR count). The van der Waals surface area contributed by atoms with Gasteiger partial charge in [-0.15, -0.1) is 0 Å². The Morgan fingerprint density at radius 2 is 1.71 bits per heavy atom. The Hall–Kier alpha value is -2.60. The molecule has 1 aromatic carbocycles. The van der Waals surface area contributed by atoms with E-state index in [2.05, 4.69) is 25.6 Å². The maximum absolute atomic E-state index is 8.75. The second kappa shape index (κ2) is 5.47. The number of rotatable bonds is 0. The van der Waals surface area contributed by atoms with Crippen LogP contribution in [0.4, 0.5) is 0 Å².